The Kier molecular flexibility index (Phi) is 14.9. The molecule has 1 saturated heterocycles. The lowest BCUT2D eigenvalue weighted by Gasteiger charge is -2.30. The minimum atomic E-state index is -0.107. The Bertz CT molecular complexity index is 1230. The predicted octanol–water partition coefficient (Wildman–Crippen LogP) is 4.90. The molecule has 232 valence electrons. The summed E-state index contributed by atoms with van der Waals surface area (Å²) >= 11 is 0. The molecule has 0 spiro atoms. The zero-order valence-corrected chi connectivity index (χ0v) is 25.1. The summed E-state index contributed by atoms with van der Waals surface area (Å²) in [5, 5.41) is 28.2. The summed E-state index contributed by atoms with van der Waals surface area (Å²) in [6.45, 7) is 5.19. The van der Waals surface area contributed by atoms with Crippen LogP contribution in [0.25, 0.3) is 11.1 Å². The third-order valence-electron chi connectivity index (χ3n) is 7.44. The fourth-order valence-electron chi connectivity index (χ4n) is 4.96. The van der Waals surface area contributed by atoms with Crippen molar-refractivity contribution < 1.29 is 24.5 Å². The molecule has 43 heavy (non-hydrogen) atoms. The largest absolute Gasteiger partial charge is 0.504 e. The van der Waals surface area contributed by atoms with E-state index in [9.17, 15) is 19.8 Å². The monoisotopic (exact) mass is 590 g/mol. The van der Waals surface area contributed by atoms with Gasteiger partial charge in [-0.3, -0.25) is 9.59 Å². The Morgan fingerprint density at radius 1 is 0.930 bits per heavy atom. The van der Waals surface area contributed by atoms with Crippen LogP contribution in [0.5, 0.6) is 11.5 Å². The molecular weight excluding hydrogens is 544 g/mol. The van der Waals surface area contributed by atoms with E-state index in [4.69, 9.17) is 4.74 Å². The number of anilines is 1. The molecule has 3 aromatic rings. The van der Waals surface area contributed by atoms with Crippen LogP contribution in [0.15, 0.2) is 72.8 Å². The standard InChI is InChI=1S/C21H33N3O5.C13H13N/c25-16-29-18-6-11-24(12-7-18)13-8-21(28)23-10-3-1-2-9-22-15-17-4-5-19(26)20(27)14-17;1-14-13-10-6-5-9-12(13)11-7-3-2-4-8-11/h4-5,14,16,18,22,26-27H,1-3,6-13,15H2,(H,23,28);2-10,14H,1H3. The Labute approximate surface area is 255 Å². The lowest BCUT2D eigenvalue weighted by Crippen LogP contribution is -2.39. The second-order valence-corrected chi connectivity index (χ2v) is 10.6. The number of nitrogens with one attached hydrogen (secondary N) is 3. The number of benzene rings is 3. The summed E-state index contributed by atoms with van der Waals surface area (Å²) in [6, 6.07) is 23.5. The summed E-state index contributed by atoms with van der Waals surface area (Å²) < 4.78 is 4.98. The number of carbonyl (C=O) groups is 2. The van der Waals surface area contributed by atoms with Gasteiger partial charge in [0.05, 0.1) is 0 Å². The molecule has 1 aliphatic rings. The number of rotatable bonds is 15. The van der Waals surface area contributed by atoms with Gasteiger partial charge in [-0.05, 0) is 61.6 Å². The fourth-order valence-corrected chi connectivity index (χ4v) is 4.96. The Balaban J connectivity index is 0.000000299. The van der Waals surface area contributed by atoms with Gasteiger partial charge >= 0.3 is 0 Å². The van der Waals surface area contributed by atoms with Gasteiger partial charge in [0.2, 0.25) is 5.91 Å². The van der Waals surface area contributed by atoms with Crippen LogP contribution in [-0.2, 0) is 20.9 Å². The number of likely N-dealkylation sites (tertiary alicyclic amines) is 1. The fraction of sp³-hybridized carbons (Fsp3) is 0.412. The maximum absolute atomic E-state index is 11.9. The zero-order chi connectivity index (χ0) is 30.7. The van der Waals surface area contributed by atoms with Gasteiger partial charge in [-0.2, -0.15) is 0 Å². The van der Waals surface area contributed by atoms with Crippen LogP contribution in [0.4, 0.5) is 5.69 Å². The van der Waals surface area contributed by atoms with Gasteiger partial charge in [-0.25, -0.2) is 0 Å². The van der Waals surface area contributed by atoms with E-state index in [0.717, 1.165) is 63.8 Å². The number of nitrogens with zero attached hydrogens (tertiary/aromatic N) is 1. The van der Waals surface area contributed by atoms with Crippen molar-refractivity contribution in [3.05, 3.63) is 78.4 Å². The summed E-state index contributed by atoms with van der Waals surface area (Å²) in [6.07, 6.45) is 5.18. The molecule has 0 radical (unpaired) electrons. The molecule has 0 aromatic heterocycles. The van der Waals surface area contributed by atoms with E-state index < -0.39 is 0 Å². The lowest BCUT2D eigenvalue weighted by molar-refractivity contribution is -0.135. The second-order valence-electron chi connectivity index (χ2n) is 10.6. The molecule has 0 unspecified atom stereocenters. The molecule has 4 rings (SSSR count). The van der Waals surface area contributed by atoms with Crippen LogP contribution in [0.2, 0.25) is 0 Å². The third-order valence-corrected chi connectivity index (χ3v) is 7.44. The van der Waals surface area contributed by atoms with E-state index in [-0.39, 0.29) is 23.5 Å². The summed E-state index contributed by atoms with van der Waals surface area (Å²) in [5.74, 6) is -0.123. The van der Waals surface area contributed by atoms with Gasteiger partial charge in [0.25, 0.3) is 6.47 Å². The number of piperidine rings is 1. The van der Waals surface area contributed by atoms with E-state index in [2.05, 4.69) is 63.3 Å². The van der Waals surface area contributed by atoms with Crippen LogP contribution in [0.3, 0.4) is 0 Å². The van der Waals surface area contributed by atoms with E-state index >= 15 is 0 Å². The van der Waals surface area contributed by atoms with E-state index in [0.29, 0.717) is 26.0 Å². The Hall–Kier alpha value is -4.08. The number of aromatic hydroxyl groups is 2. The Morgan fingerprint density at radius 3 is 2.37 bits per heavy atom. The number of amides is 1. The smallest absolute Gasteiger partial charge is 0.293 e. The molecule has 9 heteroatoms. The highest BCUT2D eigenvalue weighted by Gasteiger charge is 2.20. The van der Waals surface area contributed by atoms with Crippen molar-refractivity contribution in [2.75, 3.05) is 45.1 Å². The zero-order valence-electron chi connectivity index (χ0n) is 25.1. The molecule has 1 amide bonds. The molecule has 3 aromatic carbocycles. The molecule has 5 N–H and O–H groups in total. The number of hydrogen-bond donors (Lipinski definition) is 5. The molecule has 0 bridgehead atoms. The second kappa shape index (κ2) is 19.2. The third kappa shape index (κ3) is 12.4. The van der Waals surface area contributed by atoms with Crippen molar-refractivity contribution in [3.8, 4) is 22.6 Å². The number of hydrogen-bond acceptors (Lipinski definition) is 8. The lowest BCUT2D eigenvalue weighted by atomic mass is 10.0. The molecule has 0 saturated carbocycles. The normalized spacial score (nSPS) is 13.4. The average molecular weight is 591 g/mol. The van der Waals surface area contributed by atoms with Crippen LogP contribution >= 0.6 is 0 Å². The van der Waals surface area contributed by atoms with Gasteiger partial charge < -0.3 is 35.8 Å². The molecule has 0 atom stereocenters. The molecule has 1 fully saturated rings. The van der Waals surface area contributed by atoms with Crippen molar-refractivity contribution in [1.82, 2.24) is 15.5 Å². The minimum Gasteiger partial charge on any atom is -0.504 e. The van der Waals surface area contributed by atoms with E-state index in [1.807, 2.05) is 19.2 Å². The molecule has 1 aliphatic heterocycles. The predicted molar refractivity (Wildman–Crippen MR) is 171 cm³/mol. The van der Waals surface area contributed by atoms with Crippen molar-refractivity contribution >= 4 is 18.1 Å². The number of unbranched alkanes of at least 4 members (excludes halogenated alkanes) is 2. The summed E-state index contributed by atoms with van der Waals surface area (Å²) in [5.41, 5.74) is 4.58. The van der Waals surface area contributed by atoms with Crippen molar-refractivity contribution in [1.29, 1.82) is 0 Å². The maximum Gasteiger partial charge on any atom is 0.293 e. The quantitative estimate of drug-likeness (QED) is 0.0963. The van der Waals surface area contributed by atoms with Crippen molar-refractivity contribution in [3.63, 3.8) is 0 Å². The number of para-hydroxylation sites is 1. The summed E-state index contributed by atoms with van der Waals surface area (Å²) in [4.78, 5) is 24.5. The van der Waals surface area contributed by atoms with E-state index in [1.165, 1.54) is 22.9 Å². The number of ether oxygens (including phenoxy) is 1. The van der Waals surface area contributed by atoms with Gasteiger partial charge in [0, 0.05) is 57.4 Å². The maximum atomic E-state index is 11.9. The first kappa shape index (κ1) is 33.4. The highest BCUT2D eigenvalue weighted by Crippen LogP contribution is 2.27. The Morgan fingerprint density at radius 2 is 1.65 bits per heavy atom. The van der Waals surface area contributed by atoms with Crippen LogP contribution in [0, 0.1) is 0 Å². The van der Waals surface area contributed by atoms with E-state index in [1.54, 1.807) is 12.1 Å². The first-order valence-electron chi connectivity index (χ1n) is 15.1. The molecule has 0 aliphatic carbocycles. The summed E-state index contributed by atoms with van der Waals surface area (Å²) in [7, 11) is 1.95. The molecule has 9 nitrogen and oxygen atoms in total. The number of phenolic OH excluding ortho intramolecular Hbond substituents is 2. The SMILES string of the molecule is CNc1ccccc1-c1ccccc1.O=COC1CCN(CCC(=O)NCCCCCNCc2ccc(O)c(O)c2)CC1. The minimum absolute atomic E-state index is 0.0281. The van der Waals surface area contributed by atoms with Gasteiger partial charge in [0.1, 0.15) is 6.10 Å². The molecular formula is C34H46N4O5. The van der Waals surface area contributed by atoms with Gasteiger partial charge in [-0.15, -0.1) is 0 Å². The topological polar surface area (TPSA) is 123 Å². The van der Waals surface area contributed by atoms with Crippen LogP contribution in [0.1, 0.15) is 44.1 Å². The number of phenols is 2. The van der Waals surface area contributed by atoms with Crippen LogP contribution in [-0.4, -0.2) is 73.4 Å². The highest BCUT2D eigenvalue weighted by molar-refractivity contribution is 5.77. The highest BCUT2D eigenvalue weighted by atomic mass is 16.5. The van der Waals surface area contributed by atoms with Crippen molar-refractivity contribution in [2.24, 2.45) is 0 Å². The van der Waals surface area contributed by atoms with Gasteiger partial charge in [-0.1, -0.05) is 61.0 Å². The average Bonchev–Trinajstić information content (AvgIpc) is 3.04. The first-order valence-corrected chi connectivity index (χ1v) is 15.1. The number of carbonyl (C=O) groups excluding carboxylic acids is 2. The van der Waals surface area contributed by atoms with Gasteiger partial charge in [0.15, 0.2) is 11.5 Å². The first-order chi connectivity index (χ1) is 21.0. The van der Waals surface area contributed by atoms with Crippen molar-refractivity contribution in [2.45, 2.75) is 51.2 Å². The van der Waals surface area contributed by atoms with Crippen LogP contribution < -0.4 is 16.0 Å². The molecule has 1 heterocycles.